The average Bonchev–Trinajstić information content (AvgIpc) is 2.65. The summed E-state index contributed by atoms with van der Waals surface area (Å²) >= 11 is 0. The summed E-state index contributed by atoms with van der Waals surface area (Å²) in [6.07, 6.45) is 1.92. The minimum Gasteiger partial charge on any atom is -0.454 e. The van der Waals surface area contributed by atoms with Gasteiger partial charge in [-0.15, -0.1) is 0 Å². The molecule has 0 saturated heterocycles. The van der Waals surface area contributed by atoms with E-state index in [0.29, 0.717) is 0 Å². The van der Waals surface area contributed by atoms with E-state index in [1.54, 1.807) is 0 Å². The highest BCUT2D eigenvalue weighted by Crippen LogP contribution is 2.41. The lowest BCUT2D eigenvalue weighted by atomic mass is 9.82. The van der Waals surface area contributed by atoms with Gasteiger partial charge in [0.1, 0.15) is 6.10 Å². The smallest absolute Gasteiger partial charge is 0.335 e. The van der Waals surface area contributed by atoms with Gasteiger partial charge >= 0.3 is 5.97 Å². The summed E-state index contributed by atoms with van der Waals surface area (Å²) in [7, 11) is 0. The molecule has 0 radical (unpaired) electrons. The summed E-state index contributed by atoms with van der Waals surface area (Å²) in [5.74, 6) is 0.116. The van der Waals surface area contributed by atoms with Crippen LogP contribution in [0.1, 0.15) is 31.4 Å². The highest BCUT2D eigenvalue weighted by atomic mass is 16.5. The third-order valence-corrected chi connectivity index (χ3v) is 3.64. The van der Waals surface area contributed by atoms with Gasteiger partial charge in [0.15, 0.2) is 0 Å². The molecule has 0 saturated carbocycles. The topological polar surface area (TPSA) is 26.3 Å². The Morgan fingerprint density at radius 3 is 2.82 bits per heavy atom. The van der Waals surface area contributed by atoms with Gasteiger partial charge in [0.05, 0.1) is 0 Å². The molecule has 1 aromatic carbocycles. The van der Waals surface area contributed by atoms with Crippen LogP contribution in [-0.2, 0) is 16.0 Å². The molecule has 1 heterocycles. The van der Waals surface area contributed by atoms with Gasteiger partial charge in [-0.05, 0) is 29.9 Å². The van der Waals surface area contributed by atoms with Crippen LogP contribution in [0.25, 0.3) is 5.57 Å². The molecule has 3 rings (SSSR count). The molecule has 0 fully saturated rings. The van der Waals surface area contributed by atoms with Gasteiger partial charge in [0.2, 0.25) is 0 Å². The largest absolute Gasteiger partial charge is 0.454 e. The van der Waals surface area contributed by atoms with Crippen molar-refractivity contribution in [2.24, 2.45) is 5.92 Å². The van der Waals surface area contributed by atoms with Gasteiger partial charge in [-0.25, -0.2) is 4.79 Å². The van der Waals surface area contributed by atoms with Crippen LogP contribution in [0.5, 0.6) is 0 Å². The molecule has 0 aromatic heterocycles. The molecule has 2 aliphatic rings. The molecule has 88 valence electrons. The summed E-state index contributed by atoms with van der Waals surface area (Å²) in [6, 6.07) is 8.36. The molecule has 0 bridgehead atoms. The summed E-state index contributed by atoms with van der Waals surface area (Å²) in [4.78, 5) is 11.9. The molecule has 17 heavy (non-hydrogen) atoms. The van der Waals surface area contributed by atoms with Crippen LogP contribution >= 0.6 is 0 Å². The first-order valence-electron chi connectivity index (χ1n) is 6.22. The summed E-state index contributed by atoms with van der Waals surface area (Å²) < 4.78 is 5.48. The Morgan fingerprint density at radius 1 is 1.29 bits per heavy atom. The second-order valence-electron chi connectivity index (χ2n) is 5.07. The van der Waals surface area contributed by atoms with E-state index in [4.69, 9.17) is 4.74 Å². The average molecular weight is 228 g/mol. The van der Waals surface area contributed by atoms with Gasteiger partial charge in [-0.1, -0.05) is 38.1 Å². The number of carbonyl (C=O) groups excluding carboxylic acids is 1. The van der Waals surface area contributed by atoms with Crippen molar-refractivity contribution in [1.29, 1.82) is 0 Å². The molecular weight excluding hydrogens is 212 g/mol. The second kappa shape index (κ2) is 3.73. The normalized spacial score (nSPS) is 22.5. The number of hydrogen-bond acceptors (Lipinski definition) is 2. The minimum absolute atomic E-state index is 0.00481. The van der Waals surface area contributed by atoms with Crippen molar-refractivity contribution in [1.82, 2.24) is 0 Å². The fraction of sp³-hybridized carbons (Fsp3) is 0.400. The highest BCUT2D eigenvalue weighted by Gasteiger charge is 2.38. The first-order valence-corrected chi connectivity index (χ1v) is 6.22. The van der Waals surface area contributed by atoms with E-state index in [0.717, 1.165) is 24.0 Å². The number of esters is 1. The molecule has 1 aromatic rings. The summed E-state index contributed by atoms with van der Waals surface area (Å²) in [5, 5.41) is 0. The Bertz CT molecular complexity index is 511. The number of carbonyl (C=O) groups is 1. The fourth-order valence-corrected chi connectivity index (χ4v) is 2.89. The zero-order valence-electron chi connectivity index (χ0n) is 10.2. The molecule has 1 unspecified atom stereocenters. The maximum absolute atomic E-state index is 11.9. The number of rotatable bonds is 1. The van der Waals surface area contributed by atoms with Gasteiger partial charge in [-0.3, -0.25) is 0 Å². The Kier molecular flexibility index (Phi) is 2.32. The SMILES string of the molecule is CC(C)C1=C2c3ccccc3CCC2OC1=O. The number of hydrogen-bond donors (Lipinski definition) is 0. The number of benzene rings is 1. The van der Waals surface area contributed by atoms with E-state index >= 15 is 0 Å². The molecule has 2 nitrogen and oxygen atoms in total. The van der Waals surface area contributed by atoms with Crippen LogP contribution in [0.3, 0.4) is 0 Å². The number of fused-ring (bicyclic) bond motifs is 3. The third kappa shape index (κ3) is 1.51. The molecule has 1 aliphatic heterocycles. The van der Waals surface area contributed by atoms with Gasteiger partial charge in [0, 0.05) is 11.1 Å². The summed E-state index contributed by atoms with van der Waals surface area (Å²) in [6.45, 7) is 4.12. The Labute approximate surface area is 101 Å². The summed E-state index contributed by atoms with van der Waals surface area (Å²) in [5.41, 5.74) is 4.59. The quantitative estimate of drug-likeness (QED) is 0.691. The Balaban J connectivity index is 2.22. The molecule has 0 amide bonds. The van der Waals surface area contributed by atoms with Crippen molar-refractivity contribution < 1.29 is 9.53 Å². The second-order valence-corrected chi connectivity index (χ2v) is 5.07. The van der Waals surface area contributed by atoms with Crippen LogP contribution in [0, 0.1) is 5.92 Å². The van der Waals surface area contributed by atoms with Crippen molar-refractivity contribution in [3.05, 3.63) is 41.0 Å². The van der Waals surface area contributed by atoms with Gasteiger partial charge in [-0.2, -0.15) is 0 Å². The number of aryl methyl sites for hydroxylation is 1. The standard InChI is InChI=1S/C15H16O2/c1-9(2)13-14-11-6-4-3-5-10(11)7-8-12(14)17-15(13)16/h3-6,9,12H,7-8H2,1-2H3. The van der Waals surface area contributed by atoms with Crippen LogP contribution in [-0.4, -0.2) is 12.1 Å². The van der Waals surface area contributed by atoms with Crippen molar-refractivity contribution >= 4 is 11.5 Å². The molecule has 1 aliphatic carbocycles. The van der Waals surface area contributed by atoms with Gasteiger partial charge < -0.3 is 4.74 Å². The van der Waals surface area contributed by atoms with Crippen LogP contribution in [0.15, 0.2) is 29.8 Å². The molecule has 0 spiro atoms. The predicted octanol–water partition coefficient (Wildman–Crippen LogP) is 2.97. The van der Waals surface area contributed by atoms with Crippen molar-refractivity contribution in [2.45, 2.75) is 32.8 Å². The third-order valence-electron chi connectivity index (χ3n) is 3.64. The van der Waals surface area contributed by atoms with Crippen molar-refractivity contribution in [2.75, 3.05) is 0 Å². The lowest BCUT2D eigenvalue weighted by molar-refractivity contribution is -0.140. The Morgan fingerprint density at radius 2 is 2.06 bits per heavy atom. The molecule has 1 atom stereocenters. The van der Waals surface area contributed by atoms with Gasteiger partial charge in [0.25, 0.3) is 0 Å². The zero-order chi connectivity index (χ0) is 12.0. The Hall–Kier alpha value is -1.57. The highest BCUT2D eigenvalue weighted by molar-refractivity contribution is 6.04. The zero-order valence-corrected chi connectivity index (χ0v) is 10.2. The lowest BCUT2D eigenvalue weighted by Gasteiger charge is -2.23. The maximum atomic E-state index is 11.9. The molecule has 2 heteroatoms. The van der Waals surface area contributed by atoms with E-state index in [1.165, 1.54) is 11.1 Å². The van der Waals surface area contributed by atoms with E-state index in [1.807, 2.05) is 6.07 Å². The monoisotopic (exact) mass is 228 g/mol. The van der Waals surface area contributed by atoms with Crippen LogP contribution in [0.2, 0.25) is 0 Å². The first-order chi connectivity index (χ1) is 8.18. The predicted molar refractivity (Wildman–Crippen MR) is 66.4 cm³/mol. The van der Waals surface area contributed by atoms with Crippen molar-refractivity contribution in [3.8, 4) is 0 Å². The van der Waals surface area contributed by atoms with Crippen LogP contribution in [0.4, 0.5) is 0 Å². The number of ether oxygens (including phenoxy) is 1. The molecule has 0 N–H and O–H groups in total. The maximum Gasteiger partial charge on any atom is 0.335 e. The van der Waals surface area contributed by atoms with E-state index in [9.17, 15) is 4.79 Å². The molecular formula is C15H16O2. The van der Waals surface area contributed by atoms with Crippen molar-refractivity contribution in [3.63, 3.8) is 0 Å². The van der Waals surface area contributed by atoms with E-state index in [2.05, 4.69) is 32.0 Å². The lowest BCUT2D eigenvalue weighted by Crippen LogP contribution is -2.17. The van der Waals surface area contributed by atoms with E-state index in [-0.39, 0.29) is 18.0 Å². The fourth-order valence-electron chi connectivity index (χ4n) is 2.89. The first kappa shape index (κ1) is 10.6. The van der Waals surface area contributed by atoms with Crippen LogP contribution < -0.4 is 0 Å². The minimum atomic E-state index is -0.114. The van der Waals surface area contributed by atoms with E-state index < -0.39 is 0 Å².